The Labute approximate surface area is 167 Å². The Bertz CT molecular complexity index is 1000. The second kappa shape index (κ2) is 9.27. The topological polar surface area (TPSA) is 88.7 Å². The van der Waals surface area contributed by atoms with Crippen LogP contribution in [0.25, 0.3) is 11.0 Å². The van der Waals surface area contributed by atoms with E-state index in [1.807, 2.05) is 38.1 Å². The van der Waals surface area contributed by atoms with E-state index in [1.165, 1.54) is 18.0 Å². The second-order valence-corrected chi connectivity index (χ2v) is 6.78. The first-order chi connectivity index (χ1) is 13.6. The van der Waals surface area contributed by atoms with Crippen molar-refractivity contribution in [3.63, 3.8) is 0 Å². The number of aryl methyl sites for hydroxylation is 1. The summed E-state index contributed by atoms with van der Waals surface area (Å²) in [5.74, 6) is 0.308. The van der Waals surface area contributed by atoms with Crippen LogP contribution in [0.3, 0.4) is 0 Å². The van der Waals surface area contributed by atoms with Crippen molar-refractivity contribution >= 4 is 34.9 Å². The fraction of sp³-hybridized carbons (Fsp3) is 0.250. The number of hydrogen-bond donors (Lipinski definition) is 2. The highest BCUT2D eigenvalue weighted by molar-refractivity contribution is 7.99. The molecule has 0 radical (unpaired) electrons. The third kappa shape index (κ3) is 4.45. The van der Waals surface area contributed by atoms with Crippen LogP contribution in [0.4, 0.5) is 0 Å². The van der Waals surface area contributed by atoms with Crippen LogP contribution >= 0.6 is 11.8 Å². The first-order valence-electron chi connectivity index (χ1n) is 8.98. The zero-order chi connectivity index (χ0) is 19.9. The van der Waals surface area contributed by atoms with Gasteiger partial charge in [-0.15, -0.1) is 0 Å². The Morgan fingerprint density at radius 3 is 2.89 bits per heavy atom. The molecule has 0 spiro atoms. The highest BCUT2D eigenvalue weighted by Crippen LogP contribution is 2.28. The molecular formula is C20H22N4O3S. The van der Waals surface area contributed by atoms with Crippen molar-refractivity contribution in [2.75, 3.05) is 12.4 Å². The van der Waals surface area contributed by atoms with Crippen molar-refractivity contribution in [1.82, 2.24) is 15.0 Å². The molecule has 0 aliphatic rings. The lowest BCUT2D eigenvalue weighted by Crippen LogP contribution is -2.20. The molecule has 0 aliphatic carbocycles. The van der Waals surface area contributed by atoms with Crippen LogP contribution in [0.2, 0.25) is 0 Å². The Morgan fingerprint density at radius 1 is 1.29 bits per heavy atom. The molecule has 0 saturated carbocycles. The molecule has 1 amide bonds. The van der Waals surface area contributed by atoms with Crippen molar-refractivity contribution in [3.8, 4) is 11.5 Å². The number of ether oxygens (including phenoxy) is 1. The number of nitrogens with zero attached hydrogens (tertiary/aromatic N) is 3. The van der Waals surface area contributed by atoms with Crippen LogP contribution in [0.5, 0.6) is 11.5 Å². The van der Waals surface area contributed by atoms with Gasteiger partial charge < -0.3 is 14.4 Å². The summed E-state index contributed by atoms with van der Waals surface area (Å²) >= 11 is 1.36. The molecule has 0 fully saturated rings. The largest absolute Gasteiger partial charge is 0.504 e. The molecule has 8 heteroatoms. The number of fused-ring (bicyclic) bond motifs is 1. The molecule has 2 aromatic carbocycles. The summed E-state index contributed by atoms with van der Waals surface area (Å²) < 4.78 is 7.40. The smallest absolute Gasteiger partial charge is 0.250 e. The highest BCUT2D eigenvalue weighted by Gasteiger charge is 2.11. The van der Waals surface area contributed by atoms with E-state index in [1.54, 1.807) is 18.2 Å². The van der Waals surface area contributed by atoms with Gasteiger partial charge in [-0.25, -0.2) is 10.4 Å². The number of phenols is 1. The summed E-state index contributed by atoms with van der Waals surface area (Å²) in [6, 6.07) is 13.0. The van der Waals surface area contributed by atoms with Gasteiger partial charge in [-0.2, -0.15) is 5.10 Å². The summed E-state index contributed by atoms with van der Waals surface area (Å²) in [6.45, 7) is 5.11. The number of carbonyl (C=O) groups excluding carboxylic acids is 1. The Kier molecular flexibility index (Phi) is 6.54. The maximum Gasteiger partial charge on any atom is 0.250 e. The van der Waals surface area contributed by atoms with Gasteiger partial charge in [-0.05, 0) is 38.1 Å². The van der Waals surface area contributed by atoms with Crippen molar-refractivity contribution in [2.45, 2.75) is 25.5 Å². The van der Waals surface area contributed by atoms with Crippen LogP contribution in [0.15, 0.2) is 52.7 Å². The van der Waals surface area contributed by atoms with Crippen molar-refractivity contribution in [1.29, 1.82) is 0 Å². The zero-order valence-electron chi connectivity index (χ0n) is 15.8. The van der Waals surface area contributed by atoms with Gasteiger partial charge in [0.15, 0.2) is 16.7 Å². The molecule has 1 heterocycles. The zero-order valence-corrected chi connectivity index (χ0v) is 16.6. The number of thioether (sulfide) groups is 1. The molecule has 2 N–H and O–H groups in total. The van der Waals surface area contributed by atoms with Crippen LogP contribution in [0.1, 0.15) is 19.4 Å². The number of benzene rings is 2. The SMILES string of the molecule is CCOc1cccc(C=NNC(=O)CSc2nc3ccccc3n2CC)c1O. The van der Waals surface area contributed by atoms with E-state index in [-0.39, 0.29) is 17.4 Å². The van der Waals surface area contributed by atoms with E-state index < -0.39 is 0 Å². The summed E-state index contributed by atoms with van der Waals surface area (Å²) in [7, 11) is 0. The molecule has 0 saturated heterocycles. The number of hydrogen-bond acceptors (Lipinski definition) is 6. The van der Waals surface area contributed by atoms with Gasteiger partial charge in [0, 0.05) is 12.1 Å². The van der Waals surface area contributed by atoms with E-state index >= 15 is 0 Å². The average molecular weight is 398 g/mol. The maximum atomic E-state index is 12.1. The summed E-state index contributed by atoms with van der Waals surface area (Å²) in [5.41, 5.74) is 4.90. The summed E-state index contributed by atoms with van der Waals surface area (Å²) in [5, 5.41) is 14.8. The first kappa shape index (κ1) is 19.8. The Balaban J connectivity index is 1.60. The number of amides is 1. The Morgan fingerprint density at radius 2 is 2.11 bits per heavy atom. The number of phenolic OH excluding ortho intramolecular Hbond substituents is 1. The minimum absolute atomic E-state index is 0.00612. The predicted molar refractivity (Wildman–Crippen MR) is 111 cm³/mol. The van der Waals surface area contributed by atoms with Crippen LogP contribution in [0, 0.1) is 0 Å². The van der Waals surface area contributed by atoms with Gasteiger partial charge >= 0.3 is 0 Å². The number of para-hydroxylation sites is 3. The molecule has 7 nitrogen and oxygen atoms in total. The monoisotopic (exact) mass is 398 g/mol. The molecule has 0 bridgehead atoms. The first-order valence-corrected chi connectivity index (χ1v) is 9.97. The lowest BCUT2D eigenvalue weighted by atomic mass is 10.2. The molecule has 1 aromatic heterocycles. The molecule has 146 valence electrons. The average Bonchev–Trinajstić information content (AvgIpc) is 3.07. The van der Waals surface area contributed by atoms with E-state index in [4.69, 9.17) is 4.74 Å². The second-order valence-electron chi connectivity index (χ2n) is 5.84. The van der Waals surface area contributed by atoms with E-state index in [2.05, 4.69) is 20.1 Å². The minimum atomic E-state index is -0.253. The van der Waals surface area contributed by atoms with Gasteiger partial charge in [-0.1, -0.05) is 30.0 Å². The molecule has 0 unspecified atom stereocenters. The normalized spacial score (nSPS) is 11.2. The number of aromatic hydroxyl groups is 1. The van der Waals surface area contributed by atoms with Crippen molar-refractivity contribution < 1.29 is 14.6 Å². The number of carbonyl (C=O) groups is 1. The van der Waals surface area contributed by atoms with E-state index in [9.17, 15) is 9.90 Å². The fourth-order valence-electron chi connectivity index (χ4n) is 2.72. The summed E-state index contributed by atoms with van der Waals surface area (Å²) in [4.78, 5) is 16.7. The summed E-state index contributed by atoms with van der Waals surface area (Å²) in [6.07, 6.45) is 1.39. The molecule has 3 rings (SSSR count). The molecule has 3 aromatic rings. The van der Waals surface area contributed by atoms with Gasteiger partial charge in [0.25, 0.3) is 5.91 Å². The molecule has 0 atom stereocenters. The van der Waals surface area contributed by atoms with Crippen LogP contribution in [-0.2, 0) is 11.3 Å². The van der Waals surface area contributed by atoms with Crippen LogP contribution < -0.4 is 10.2 Å². The molecule has 28 heavy (non-hydrogen) atoms. The van der Waals surface area contributed by atoms with Gasteiger partial charge in [0.2, 0.25) is 0 Å². The lowest BCUT2D eigenvalue weighted by Gasteiger charge is -2.07. The highest BCUT2D eigenvalue weighted by atomic mass is 32.2. The van der Waals surface area contributed by atoms with Crippen LogP contribution in [-0.4, -0.2) is 39.1 Å². The lowest BCUT2D eigenvalue weighted by molar-refractivity contribution is -0.118. The quantitative estimate of drug-likeness (QED) is 0.345. The van der Waals surface area contributed by atoms with Crippen molar-refractivity contribution in [3.05, 3.63) is 48.0 Å². The number of rotatable bonds is 8. The van der Waals surface area contributed by atoms with Gasteiger partial charge in [-0.3, -0.25) is 4.79 Å². The number of hydrazone groups is 1. The van der Waals surface area contributed by atoms with E-state index in [0.717, 1.165) is 22.7 Å². The standard InChI is InChI=1S/C20H22N4O3S/c1-3-24-16-10-6-5-9-15(16)22-20(24)28-13-18(25)23-21-12-14-8-7-11-17(19(14)26)27-4-2/h5-12,26H,3-4,13H2,1-2H3,(H,23,25). The molecular weight excluding hydrogens is 376 g/mol. The number of nitrogens with one attached hydrogen (secondary N) is 1. The van der Waals surface area contributed by atoms with Gasteiger partial charge in [0.05, 0.1) is 29.6 Å². The third-order valence-electron chi connectivity index (χ3n) is 3.99. The number of aromatic nitrogens is 2. The number of imidazole rings is 1. The fourth-order valence-corrected chi connectivity index (χ4v) is 3.59. The predicted octanol–water partition coefficient (Wildman–Crippen LogP) is 3.40. The maximum absolute atomic E-state index is 12.1. The Hall–Kier alpha value is -3.00. The molecule has 0 aliphatic heterocycles. The minimum Gasteiger partial charge on any atom is -0.504 e. The third-order valence-corrected chi connectivity index (χ3v) is 4.97. The van der Waals surface area contributed by atoms with Gasteiger partial charge in [0.1, 0.15) is 0 Å². The van der Waals surface area contributed by atoms with E-state index in [0.29, 0.717) is 17.9 Å². The van der Waals surface area contributed by atoms with Crippen molar-refractivity contribution in [2.24, 2.45) is 5.10 Å².